The summed E-state index contributed by atoms with van der Waals surface area (Å²) in [6, 6.07) is 10.3. The fraction of sp³-hybridized carbons (Fsp3) is 0.571. The van der Waals surface area contributed by atoms with Crippen LogP contribution in [0.25, 0.3) is 0 Å². The second kappa shape index (κ2) is 6.66. The highest BCUT2D eigenvalue weighted by Gasteiger charge is 2.12. The van der Waals surface area contributed by atoms with Crippen LogP contribution in [0.3, 0.4) is 0 Å². The molecule has 1 fully saturated rings. The maximum Gasteiger partial charge on any atom is 0.0933 e. The third-order valence-electron chi connectivity index (χ3n) is 3.28. The first kappa shape index (κ1) is 11.6. The highest BCUT2D eigenvalue weighted by Crippen LogP contribution is 2.22. The first-order valence-electron chi connectivity index (χ1n) is 6.34. The minimum atomic E-state index is 0.660. The minimum Gasteiger partial charge on any atom is -0.297 e. The van der Waals surface area contributed by atoms with Crippen LogP contribution < -0.4 is 5.48 Å². The van der Waals surface area contributed by atoms with Gasteiger partial charge in [-0.25, -0.2) is 5.48 Å². The Morgan fingerprint density at radius 1 is 1.06 bits per heavy atom. The fourth-order valence-electron chi connectivity index (χ4n) is 2.28. The lowest BCUT2D eigenvalue weighted by atomic mass is 9.89. The molecule has 0 bridgehead atoms. The molecule has 1 aromatic rings. The highest BCUT2D eigenvalue weighted by atomic mass is 16.6. The standard InChI is InChI=1S/C14H21NO/c1-3-7-13(8-4-1)11-15-16-12-14-9-5-2-6-10-14/h2,5-6,9-10,13,15H,1,3-4,7-8,11-12H2. The Morgan fingerprint density at radius 2 is 1.81 bits per heavy atom. The van der Waals surface area contributed by atoms with Gasteiger partial charge in [0.05, 0.1) is 6.61 Å². The Labute approximate surface area is 98.0 Å². The maximum atomic E-state index is 5.47. The molecule has 1 aromatic carbocycles. The van der Waals surface area contributed by atoms with Crippen molar-refractivity contribution in [2.24, 2.45) is 5.92 Å². The van der Waals surface area contributed by atoms with Gasteiger partial charge in [0.2, 0.25) is 0 Å². The van der Waals surface area contributed by atoms with E-state index in [4.69, 9.17) is 4.84 Å². The van der Waals surface area contributed by atoms with Gasteiger partial charge in [0.1, 0.15) is 0 Å². The van der Waals surface area contributed by atoms with Gasteiger partial charge in [0.25, 0.3) is 0 Å². The molecule has 0 unspecified atom stereocenters. The van der Waals surface area contributed by atoms with Crippen LogP contribution in [0.1, 0.15) is 37.7 Å². The summed E-state index contributed by atoms with van der Waals surface area (Å²) in [7, 11) is 0. The van der Waals surface area contributed by atoms with Crippen LogP contribution in [0.2, 0.25) is 0 Å². The molecule has 0 spiro atoms. The second-order valence-electron chi connectivity index (χ2n) is 4.63. The molecule has 0 aromatic heterocycles. The zero-order valence-electron chi connectivity index (χ0n) is 9.82. The molecule has 1 aliphatic rings. The third kappa shape index (κ3) is 3.95. The van der Waals surface area contributed by atoms with Crippen molar-refractivity contribution in [3.8, 4) is 0 Å². The van der Waals surface area contributed by atoms with Crippen LogP contribution in [0.4, 0.5) is 0 Å². The molecule has 0 amide bonds. The number of rotatable bonds is 5. The highest BCUT2D eigenvalue weighted by molar-refractivity contribution is 5.13. The summed E-state index contributed by atoms with van der Waals surface area (Å²) in [4.78, 5) is 5.47. The van der Waals surface area contributed by atoms with Gasteiger partial charge < -0.3 is 0 Å². The van der Waals surface area contributed by atoms with Crippen molar-refractivity contribution in [3.05, 3.63) is 35.9 Å². The van der Waals surface area contributed by atoms with E-state index in [1.54, 1.807) is 0 Å². The Morgan fingerprint density at radius 3 is 2.56 bits per heavy atom. The van der Waals surface area contributed by atoms with E-state index in [1.165, 1.54) is 37.7 Å². The van der Waals surface area contributed by atoms with Crippen LogP contribution in [0.15, 0.2) is 30.3 Å². The molecule has 2 rings (SSSR count). The molecular weight excluding hydrogens is 198 g/mol. The first-order chi connectivity index (χ1) is 7.95. The SMILES string of the molecule is c1ccc(CONCC2CCCCC2)cc1. The summed E-state index contributed by atoms with van der Waals surface area (Å²) in [6.07, 6.45) is 6.93. The Bertz CT molecular complexity index is 280. The van der Waals surface area contributed by atoms with Crippen LogP contribution >= 0.6 is 0 Å². The van der Waals surface area contributed by atoms with Crippen LogP contribution in [-0.4, -0.2) is 6.54 Å². The quantitative estimate of drug-likeness (QED) is 0.606. The van der Waals surface area contributed by atoms with Crippen molar-refractivity contribution in [3.63, 3.8) is 0 Å². The van der Waals surface area contributed by atoms with Crippen LogP contribution in [0.5, 0.6) is 0 Å². The Kier molecular flexibility index (Phi) is 4.84. The van der Waals surface area contributed by atoms with Crippen molar-refractivity contribution in [1.82, 2.24) is 5.48 Å². The van der Waals surface area contributed by atoms with E-state index < -0.39 is 0 Å². The molecule has 0 aliphatic heterocycles. The van der Waals surface area contributed by atoms with Gasteiger partial charge in [-0.3, -0.25) is 4.84 Å². The molecule has 0 heterocycles. The summed E-state index contributed by atoms with van der Waals surface area (Å²) in [6.45, 7) is 1.67. The zero-order valence-corrected chi connectivity index (χ0v) is 9.82. The van der Waals surface area contributed by atoms with Gasteiger partial charge in [0.15, 0.2) is 0 Å². The van der Waals surface area contributed by atoms with Gasteiger partial charge in [-0.1, -0.05) is 49.6 Å². The molecule has 0 radical (unpaired) electrons. The van der Waals surface area contributed by atoms with Crippen molar-refractivity contribution in [1.29, 1.82) is 0 Å². The smallest absolute Gasteiger partial charge is 0.0933 e. The lowest BCUT2D eigenvalue weighted by molar-refractivity contribution is 0.0165. The molecule has 1 saturated carbocycles. The summed E-state index contributed by atoms with van der Waals surface area (Å²) < 4.78 is 0. The van der Waals surface area contributed by atoms with E-state index in [2.05, 4.69) is 17.6 Å². The summed E-state index contributed by atoms with van der Waals surface area (Å²) >= 11 is 0. The lowest BCUT2D eigenvalue weighted by Gasteiger charge is -2.21. The number of hydrogen-bond donors (Lipinski definition) is 1. The number of nitrogens with one attached hydrogen (secondary N) is 1. The zero-order chi connectivity index (χ0) is 11.1. The van der Waals surface area contributed by atoms with Crippen LogP contribution in [-0.2, 0) is 11.4 Å². The molecule has 2 heteroatoms. The van der Waals surface area contributed by atoms with Gasteiger partial charge in [0, 0.05) is 6.54 Å². The van der Waals surface area contributed by atoms with Gasteiger partial charge in [-0.05, 0) is 24.3 Å². The third-order valence-corrected chi connectivity index (χ3v) is 3.28. The molecule has 1 aliphatic carbocycles. The van der Waals surface area contributed by atoms with E-state index in [-0.39, 0.29) is 0 Å². The predicted octanol–water partition coefficient (Wildman–Crippen LogP) is 3.29. The monoisotopic (exact) mass is 219 g/mol. The molecule has 16 heavy (non-hydrogen) atoms. The number of hydrogen-bond acceptors (Lipinski definition) is 2. The van der Waals surface area contributed by atoms with Crippen LogP contribution in [0, 0.1) is 5.92 Å². The van der Waals surface area contributed by atoms with Gasteiger partial charge in [-0.15, -0.1) is 0 Å². The summed E-state index contributed by atoms with van der Waals surface area (Å²) in [5.41, 5.74) is 4.32. The molecule has 0 saturated heterocycles. The fourth-order valence-corrected chi connectivity index (χ4v) is 2.28. The number of hydroxylamine groups is 1. The molecule has 1 N–H and O–H groups in total. The normalized spacial score (nSPS) is 17.5. The van der Waals surface area contributed by atoms with E-state index in [9.17, 15) is 0 Å². The van der Waals surface area contributed by atoms with Crippen molar-refractivity contribution >= 4 is 0 Å². The van der Waals surface area contributed by atoms with E-state index in [0.29, 0.717) is 6.61 Å². The van der Waals surface area contributed by atoms with E-state index >= 15 is 0 Å². The van der Waals surface area contributed by atoms with Gasteiger partial charge >= 0.3 is 0 Å². The Hall–Kier alpha value is -0.860. The lowest BCUT2D eigenvalue weighted by Crippen LogP contribution is -2.24. The van der Waals surface area contributed by atoms with Crippen molar-refractivity contribution in [2.45, 2.75) is 38.7 Å². The van der Waals surface area contributed by atoms with Gasteiger partial charge in [-0.2, -0.15) is 0 Å². The second-order valence-corrected chi connectivity index (χ2v) is 4.63. The first-order valence-corrected chi connectivity index (χ1v) is 6.34. The summed E-state index contributed by atoms with van der Waals surface area (Å²) in [5.74, 6) is 0.824. The van der Waals surface area contributed by atoms with E-state index in [0.717, 1.165) is 12.5 Å². The largest absolute Gasteiger partial charge is 0.297 e. The molecular formula is C14H21NO. The van der Waals surface area contributed by atoms with E-state index in [1.807, 2.05) is 18.2 Å². The maximum absolute atomic E-state index is 5.47. The average molecular weight is 219 g/mol. The van der Waals surface area contributed by atoms with Crippen molar-refractivity contribution < 1.29 is 4.84 Å². The topological polar surface area (TPSA) is 21.3 Å². The molecule has 0 atom stereocenters. The molecule has 88 valence electrons. The van der Waals surface area contributed by atoms with Crippen molar-refractivity contribution in [2.75, 3.05) is 6.54 Å². The number of benzene rings is 1. The minimum absolute atomic E-state index is 0.660. The summed E-state index contributed by atoms with van der Waals surface area (Å²) in [5, 5.41) is 0. The molecule has 2 nitrogen and oxygen atoms in total. The predicted molar refractivity (Wildman–Crippen MR) is 65.8 cm³/mol. The Balaban J connectivity index is 1.58. The average Bonchev–Trinajstić information content (AvgIpc) is 2.37.